The first-order chi connectivity index (χ1) is 10.4. The number of hydrogen-bond donors (Lipinski definition) is 1. The van der Waals surface area contributed by atoms with Crippen LogP contribution in [0.15, 0.2) is 12.5 Å². The van der Waals surface area contributed by atoms with E-state index >= 15 is 0 Å². The number of nitrogens with zero attached hydrogens (tertiary/aromatic N) is 4. The van der Waals surface area contributed by atoms with Crippen LogP contribution in [0.3, 0.4) is 0 Å². The minimum atomic E-state index is 0.598. The van der Waals surface area contributed by atoms with Crippen molar-refractivity contribution in [2.75, 3.05) is 11.9 Å². The van der Waals surface area contributed by atoms with Crippen LogP contribution in [-0.4, -0.2) is 26.1 Å². The number of anilines is 1. The number of thioether (sulfide) groups is 1. The Labute approximate surface area is 128 Å². The zero-order valence-corrected chi connectivity index (χ0v) is 13.0. The van der Waals surface area contributed by atoms with Gasteiger partial charge < -0.3 is 9.88 Å². The molecule has 0 bridgehead atoms. The van der Waals surface area contributed by atoms with Crippen LogP contribution in [0.2, 0.25) is 0 Å². The highest BCUT2D eigenvalue weighted by atomic mass is 32.2. The van der Waals surface area contributed by atoms with E-state index in [1.807, 2.05) is 24.3 Å². The average molecular weight is 301 g/mol. The van der Waals surface area contributed by atoms with E-state index in [1.54, 1.807) is 0 Å². The minimum Gasteiger partial charge on any atom is -0.370 e. The predicted octanol–water partition coefficient (Wildman–Crippen LogP) is 3.24. The maximum absolute atomic E-state index is 4.80. The number of rotatable bonds is 5. The molecule has 1 fully saturated rings. The minimum absolute atomic E-state index is 0.598. The summed E-state index contributed by atoms with van der Waals surface area (Å²) in [5, 5.41) is 3.47. The van der Waals surface area contributed by atoms with E-state index in [-0.39, 0.29) is 0 Å². The standard InChI is InChI=1S/C15H19N5S/c1-2-5-17-14-11-7-21-8-12(11)18-15(19-14)13-6-16-9-20(13)10-3-4-10/h6,9-10H,2-5,7-8H2,1H3,(H,17,18,19). The lowest BCUT2D eigenvalue weighted by molar-refractivity contribution is 0.742. The second kappa shape index (κ2) is 5.33. The maximum atomic E-state index is 4.80. The monoisotopic (exact) mass is 301 g/mol. The van der Waals surface area contributed by atoms with Gasteiger partial charge in [-0.1, -0.05) is 6.92 Å². The van der Waals surface area contributed by atoms with Crippen molar-refractivity contribution in [3.05, 3.63) is 23.8 Å². The first-order valence-corrected chi connectivity index (χ1v) is 8.76. The zero-order chi connectivity index (χ0) is 14.2. The van der Waals surface area contributed by atoms with Crippen LogP contribution >= 0.6 is 11.8 Å². The molecule has 0 radical (unpaired) electrons. The highest BCUT2D eigenvalue weighted by Gasteiger charge is 2.27. The number of hydrogen-bond acceptors (Lipinski definition) is 5. The number of aromatic nitrogens is 4. The number of nitrogens with one attached hydrogen (secondary N) is 1. The van der Waals surface area contributed by atoms with Gasteiger partial charge in [0.05, 0.1) is 18.2 Å². The van der Waals surface area contributed by atoms with Crippen molar-refractivity contribution >= 4 is 17.6 Å². The molecule has 0 saturated heterocycles. The van der Waals surface area contributed by atoms with Gasteiger partial charge in [0.15, 0.2) is 5.82 Å². The van der Waals surface area contributed by atoms with Gasteiger partial charge in [-0.15, -0.1) is 0 Å². The third-order valence-corrected chi connectivity index (χ3v) is 4.93. The molecule has 1 aliphatic heterocycles. The van der Waals surface area contributed by atoms with Gasteiger partial charge in [-0.05, 0) is 19.3 Å². The van der Waals surface area contributed by atoms with Gasteiger partial charge in [-0.3, -0.25) is 0 Å². The lowest BCUT2D eigenvalue weighted by atomic mass is 10.2. The van der Waals surface area contributed by atoms with E-state index in [4.69, 9.17) is 9.97 Å². The molecule has 5 nitrogen and oxygen atoms in total. The quantitative estimate of drug-likeness (QED) is 0.918. The fourth-order valence-corrected chi connectivity index (χ4v) is 3.72. The Morgan fingerprint density at radius 2 is 2.24 bits per heavy atom. The molecule has 1 N–H and O–H groups in total. The summed E-state index contributed by atoms with van der Waals surface area (Å²) in [6, 6.07) is 0.598. The summed E-state index contributed by atoms with van der Waals surface area (Å²) in [7, 11) is 0. The van der Waals surface area contributed by atoms with Gasteiger partial charge in [0, 0.05) is 29.7 Å². The van der Waals surface area contributed by atoms with E-state index in [0.29, 0.717) is 6.04 Å². The fourth-order valence-electron chi connectivity index (χ4n) is 2.68. The zero-order valence-electron chi connectivity index (χ0n) is 12.2. The van der Waals surface area contributed by atoms with Crippen molar-refractivity contribution in [2.24, 2.45) is 0 Å². The first kappa shape index (κ1) is 13.1. The Morgan fingerprint density at radius 3 is 3.05 bits per heavy atom. The lowest BCUT2D eigenvalue weighted by Gasteiger charge is -2.12. The Hall–Kier alpha value is -1.56. The molecule has 1 aliphatic carbocycles. The third kappa shape index (κ3) is 2.41. The van der Waals surface area contributed by atoms with Gasteiger partial charge >= 0.3 is 0 Å². The topological polar surface area (TPSA) is 55.6 Å². The molecule has 2 aromatic rings. The summed E-state index contributed by atoms with van der Waals surface area (Å²) >= 11 is 1.91. The van der Waals surface area contributed by atoms with Crippen LogP contribution in [0.1, 0.15) is 43.5 Å². The largest absolute Gasteiger partial charge is 0.370 e. The van der Waals surface area contributed by atoms with E-state index in [2.05, 4.69) is 21.8 Å². The van der Waals surface area contributed by atoms with Crippen LogP contribution in [0.5, 0.6) is 0 Å². The number of imidazole rings is 1. The van der Waals surface area contributed by atoms with E-state index < -0.39 is 0 Å². The molecule has 0 spiro atoms. The molecule has 21 heavy (non-hydrogen) atoms. The van der Waals surface area contributed by atoms with E-state index in [9.17, 15) is 0 Å². The molecule has 0 atom stereocenters. The predicted molar refractivity (Wildman–Crippen MR) is 85.3 cm³/mol. The second-order valence-electron chi connectivity index (χ2n) is 5.66. The lowest BCUT2D eigenvalue weighted by Crippen LogP contribution is -2.09. The normalized spacial score (nSPS) is 17.0. The van der Waals surface area contributed by atoms with Gasteiger partial charge in [0.2, 0.25) is 0 Å². The van der Waals surface area contributed by atoms with Gasteiger partial charge in [0.25, 0.3) is 0 Å². The second-order valence-corrected chi connectivity index (χ2v) is 6.64. The number of fused-ring (bicyclic) bond motifs is 1. The first-order valence-electron chi connectivity index (χ1n) is 7.60. The van der Waals surface area contributed by atoms with Crippen LogP contribution in [0, 0.1) is 0 Å². The Kier molecular flexibility index (Phi) is 3.33. The van der Waals surface area contributed by atoms with Crippen LogP contribution in [0.4, 0.5) is 5.82 Å². The SMILES string of the molecule is CCCNc1nc(-c2cncn2C2CC2)nc2c1CSC2. The molecule has 4 rings (SSSR count). The molecule has 110 valence electrons. The van der Waals surface area contributed by atoms with Crippen molar-refractivity contribution in [1.82, 2.24) is 19.5 Å². The van der Waals surface area contributed by atoms with Crippen molar-refractivity contribution in [3.8, 4) is 11.5 Å². The maximum Gasteiger partial charge on any atom is 0.180 e. The van der Waals surface area contributed by atoms with Crippen molar-refractivity contribution in [1.29, 1.82) is 0 Å². The molecule has 2 aromatic heterocycles. The summed E-state index contributed by atoms with van der Waals surface area (Å²) < 4.78 is 2.23. The van der Waals surface area contributed by atoms with Crippen LogP contribution < -0.4 is 5.32 Å². The molecule has 0 aromatic carbocycles. The summed E-state index contributed by atoms with van der Waals surface area (Å²) in [5.74, 6) is 3.84. The van der Waals surface area contributed by atoms with E-state index in [0.717, 1.165) is 41.8 Å². The molecule has 6 heteroatoms. The van der Waals surface area contributed by atoms with Crippen molar-refractivity contribution < 1.29 is 0 Å². The van der Waals surface area contributed by atoms with Gasteiger partial charge in [-0.25, -0.2) is 15.0 Å². The summed E-state index contributed by atoms with van der Waals surface area (Å²) in [5.41, 5.74) is 3.53. The van der Waals surface area contributed by atoms with Gasteiger partial charge in [-0.2, -0.15) is 11.8 Å². The fraction of sp³-hybridized carbons (Fsp3) is 0.533. The average Bonchev–Trinajstić information content (AvgIpc) is 3.03. The molecule has 2 aliphatic rings. The van der Waals surface area contributed by atoms with Crippen LogP contribution in [0.25, 0.3) is 11.5 Å². The molecule has 0 amide bonds. The van der Waals surface area contributed by atoms with Gasteiger partial charge in [0.1, 0.15) is 11.5 Å². The molecule has 1 saturated carbocycles. The Balaban J connectivity index is 1.76. The molecular formula is C15H19N5S. The third-order valence-electron chi connectivity index (χ3n) is 3.96. The van der Waals surface area contributed by atoms with E-state index in [1.165, 1.54) is 24.1 Å². The Bertz CT molecular complexity index is 662. The Morgan fingerprint density at radius 1 is 1.33 bits per heavy atom. The summed E-state index contributed by atoms with van der Waals surface area (Å²) in [6.45, 7) is 3.13. The molecular weight excluding hydrogens is 282 g/mol. The molecule has 3 heterocycles. The smallest absolute Gasteiger partial charge is 0.180 e. The summed E-state index contributed by atoms with van der Waals surface area (Å²) in [4.78, 5) is 13.9. The summed E-state index contributed by atoms with van der Waals surface area (Å²) in [6.07, 6.45) is 7.39. The highest BCUT2D eigenvalue weighted by Crippen LogP contribution is 2.39. The highest BCUT2D eigenvalue weighted by molar-refractivity contribution is 7.98. The van der Waals surface area contributed by atoms with Crippen LogP contribution in [-0.2, 0) is 11.5 Å². The molecule has 0 unspecified atom stereocenters. The van der Waals surface area contributed by atoms with Crippen molar-refractivity contribution in [3.63, 3.8) is 0 Å². The van der Waals surface area contributed by atoms with Crippen molar-refractivity contribution in [2.45, 2.75) is 43.7 Å².